The molecule has 2 N–H and O–H groups in total. The van der Waals surface area contributed by atoms with E-state index in [1.165, 1.54) is 0 Å². The predicted molar refractivity (Wildman–Crippen MR) is 58.5 cm³/mol. The van der Waals surface area contributed by atoms with E-state index in [4.69, 9.17) is 5.11 Å². The Balaban J connectivity index is 3.01. The SMILES string of the molecule is CC(C(=O)O)C(=O)Nc1ccc(F)cc1[N+](=O)[O-]. The van der Waals surface area contributed by atoms with Gasteiger partial charge in [-0.3, -0.25) is 19.7 Å². The Hall–Kier alpha value is -2.51. The lowest BCUT2D eigenvalue weighted by Crippen LogP contribution is -2.27. The van der Waals surface area contributed by atoms with E-state index < -0.39 is 34.2 Å². The van der Waals surface area contributed by atoms with Crippen molar-refractivity contribution in [3.63, 3.8) is 0 Å². The van der Waals surface area contributed by atoms with Crippen molar-refractivity contribution in [1.82, 2.24) is 0 Å². The van der Waals surface area contributed by atoms with Crippen LogP contribution in [0.2, 0.25) is 0 Å². The van der Waals surface area contributed by atoms with Gasteiger partial charge in [0.2, 0.25) is 5.91 Å². The molecule has 0 radical (unpaired) electrons. The van der Waals surface area contributed by atoms with Gasteiger partial charge < -0.3 is 10.4 Å². The summed E-state index contributed by atoms with van der Waals surface area (Å²) in [7, 11) is 0. The molecule has 1 rings (SSSR count). The highest BCUT2D eigenvalue weighted by molar-refractivity contribution is 6.04. The smallest absolute Gasteiger partial charge is 0.315 e. The molecule has 1 aromatic carbocycles. The van der Waals surface area contributed by atoms with Crippen molar-refractivity contribution in [2.75, 3.05) is 5.32 Å². The third-order valence-corrected chi connectivity index (χ3v) is 2.18. The molecule has 1 aromatic rings. The molecule has 0 aliphatic heterocycles. The van der Waals surface area contributed by atoms with E-state index in [1.54, 1.807) is 0 Å². The van der Waals surface area contributed by atoms with Gasteiger partial charge in [0.05, 0.1) is 11.0 Å². The fraction of sp³-hybridized carbons (Fsp3) is 0.200. The summed E-state index contributed by atoms with van der Waals surface area (Å²) in [6.07, 6.45) is 0. The molecule has 7 nitrogen and oxygen atoms in total. The summed E-state index contributed by atoms with van der Waals surface area (Å²) < 4.78 is 12.8. The third kappa shape index (κ3) is 3.00. The quantitative estimate of drug-likeness (QED) is 0.480. The minimum atomic E-state index is -1.37. The second kappa shape index (κ2) is 5.21. The molecular weight excluding hydrogens is 247 g/mol. The number of carboxylic acids is 1. The van der Waals surface area contributed by atoms with Gasteiger partial charge in [0.15, 0.2) is 0 Å². The normalized spacial score (nSPS) is 11.7. The van der Waals surface area contributed by atoms with Crippen LogP contribution < -0.4 is 5.32 Å². The van der Waals surface area contributed by atoms with Crippen molar-refractivity contribution < 1.29 is 24.0 Å². The van der Waals surface area contributed by atoms with Crippen molar-refractivity contribution in [3.8, 4) is 0 Å². The Morgan fingerprint density at radius 2 is 2.11 bits per heavy atom. The van der Waals surface area contributed by atoms with Crippen LogP contribution in [0.25, 0.3) is 0 Å². The Labute approximate surface area is 100 Å². The maximum Gasteiger partial charge on any atom is 0.315 e. The number of rotatable bonds is 4. The highest BCUT2D eigenvalue weighted by atomic mass is 19.1. The third-order valence-electron chi connectivity index (χ3n) is 2.18. The molecule has 8 heteroatoms. The fourth-order valence-corrected chi connectivity index (χ4v) is 1.11. The van der Waals surface area contributed by atoms with Crippen molar-refractivity contribution in [2.45, 2.75) is 6.92 Å². The minimum Gasteiger partial charge on any atom is -0.481 e. The van der Waals surface area contributed by atoms with Crippen LogP contribution in [0.4, 0.5) is 15.8 Å². The first-order valence-corrected chi connectivity index (χ1v) is 4.80. The predicted octanol–water partition coefficient (Wildman–Crippen LogP) is 1.39. The molecule has 96 valence electrons. The van der Waals surface area contributed by atoms with Crippen molar-refractivity contribution in [1.29, 1.82) is 0 Å². The van der Waals surface area contributed by atoms with Crippen LogP contribution >= 0.6 is 0 Å². The minimum absolute atomic E-state index is 0.250. The number of carbonyl (C=O) groups excluding carboxylic acids is 1. The van der Waals surface area contributed by atoms with Crippen LogP contribution in [0, 0.1) is 21.8 Å². The highest BCUT2D eigenvalue weighted by Gasteiger charge is 2.23. The molecule has 0 saturated carbocycles. The molecule has 0 aliphatic rings. The lowest BCUT2D eigenvalue weighted by molar-refractivity contribution is -0.384. The molecule has 18 heavy (non-hydrogen) atoms. The number of hydrogen-bond donors (Lipinski definition) is 2. The number of carboxylic acid groups (broad SMARTS) is 1. The summed E-state index contributed by atoms with van der Waals surface area (Å²) in [5.74, 6) is -4.48. The Kier molecular flexibility index (Phi) is 3.93. The van der Waals surface area contributed by atoms with Gasteiger partial charge in [-0.25, -0.2) is 4.39 Å². The van der Waals surface area contributed by atoms with Crippen LogP contribution in [-0.4, -0.2) is 21.9 Å². The zero-order valence-electron chi connectivity index (χ0n) is 9.21. The molecule has 0 aromatic heterocycles. The Morgan fingerprint density at radius 3 is 2.61 bits per heavy atom. The van der Waals surface area contributed by atoms with Crippen molar-refractivity contribution >= 4 is 23.3 Å². The van der Waals surface area contributed by atoms with E-state index in [2.05, 4.69) is 5.32 Å². The first-order valence-electron chi connectivity index (χ1n) is 4.80. The van der Waals surface area contributed by atoms with Gasteiger partial charge in [0.1, 0.15) is 17.4 Å². The second-order valence-corrected chi connectivity index (χ2v) is 3.47. The summed E-state index contributed by atoms with van der Waals surface area (Å²) in [5, 5.41) is 21.3. The summed E-state index contributed by atoms with van der Waals surface area (Å²) in [6, 6.07) is 2.56. The number of hydrogen-bond acceptors (Lipinski definition) is 4. The molecule has 0 fully saturated rings. The molecule has 0 aliphatic carbocycles. The largest absolute Gasteiger partial charge is 0.481 e. The second-order valence-electron chi connectivity index (χ2n) is 3.47. The van der Waals surface area contributed by atoms with Gasteiger partial charge in [-0.1, -0.05) is 0 Å². The average Bonchev–Trinajstić information content (AvgIpc) is 2.29. The zero-order valence-corrected chi connectivity index (χ0v) is 9.21. The van der Waals surface area contributed by atoms with Gasteiger partial charge in [-0.05, 0) is 19.1 Å². The van der Waals surface area contributed by atoms with Crippen LogP contribution in [0.1, 0.15) is 6.92 Å². The fourth-order valence-electron chi connectivity index (χ4n) is 1.11. The van der Waals surface area contributed by atoms with Crippen LogP contribution in [0.5, 0.6) is 0 Å². The first kappa shape index (κ1) is 13.6. The van der Waals surface area contributed by atoms with Crippen LogP contribution in [-0.2, 0) is 9.59 Å². The van der Waals surface area contributed by atoms with E-state index in [9.17, 15) is 24.1 Å². The molecule has 1 unspecified atom stereocenters. The summed E-state index contributed by atoms with van der Waals surface area (Å²) in [5.41, 5.74) is -0.888. The van der Waals surface area contributed by atoms with Crippen molar-refractivity contribution in [3.05, 3.63) is 34.1 Å². The van der Waals surface area contributed by atoms with E-state index in [0.29, 0.717) is 6.07 Å². The molecular formula is C10H9FN2O5. The number of nitrogens with one attached hydrogen (secondary N) is 1. The van der Waals surface area contributed by atoms with Crippen LogP contribution in [0.15, 0.2) is 18.2 Å². The molecule has 0 saturated heterocycles. The maximum atomic E-state index is 12.8. The topological polar surface area (TPSA) is 110 Å². The van der Waals surface area contributed by atoms with Gasteiger partial charge in [-0.2, -0.15) is 0 Å². The number of benzene rings is 1. The van der Waals surface area contributed by atoms with Gasteiger partial charge in [0, 0.05) is 0 Å². The molecule has 0 bridgehead atoms. The number of aliphatic carboxylic acids is 1. The lowest BCUT2D eigenvalue weighted by atomic mass is 10.1. The molecule has 0 heterocycles. The average molecular weight is 256 g/mol. The van der Waals surface area contributed by atoms with E-state index in [-0.39, 0.29) is 5.69 Å². The summed E-state index contributed by atoms with van der Waals surface area (Å²) in [6.45, 7) is 1.13. The molecule has 1 amide bonds. The first-order chi connectivity index (χ1) is 8.32. The maximum absolute atomic E-state index is 12.8. The number of nitro groups is 1. The van der Waals surface area contributed by atoms with E-state index in [1.807, 2.05) is 0 Å². The summed E-state index contributed by atoms with van der Waals surface area (Å²) >= 11 is 0. The Bertz CT molecular complexity index is 517. The number of amides is 1. The number of halogens is 1. The molecule has 1 atom stereocenters. The Morgan fingerprint density at radius 1 is 1.50 bits per heavy atom. The van der Waals surface area contributed by atoms with Crippen molar-refractivity contribution in [2.24, 2.45) is 5.92 Å². The number of nitro benzene ring substituents is 1. The zero-order chi connectivity index (χ0) is 13.9. The number of anilines is 1. The van der Waals surface area contributed by atoms with Gasteiger partial charge in [0.25, 0.3) is 5.69 Å². The van der Waals surface area contributed by atoms with Crippen LogP contribution in [0.3, 0.4) is 0 Å². The summed E-state index contributed by atoms with van der Waals surface area (Å²) in [4.78, 5) is 31.7. The lowest BCUT2D eigenvalue weighted by Gasteiger charge is -2.08. The van der Waals surface area contributed by atoms with E-state index >= 15 is 0 Å². The van der Waals surface area contributed by atoms with Gasteiger partial charge >= 0.3 is 5.97 Å². The standard InChI is InChI=1S/C10H9FN2O5/c1-5(10(15)16)9(14)12-7-3-2-6(11)4-8(7)13(17)18/h2-5H,1H3,(H,12,14)(H,15,16). The number of carbonyl (C=O) groups is 2. The van der Waals surface area contributed by atoms with E-state index in [0.717, 1.165) is 19.1 Å². The molecule has 0 spiro atoms. The highest BCUT2D eigenvalue weighted by Crippen LogP contribution is 2.25. The number of nitrogens with zero attached hydrogens (tertiary/aromatic N) is 1. The monoisotopic (exact) mass is 256 g/mol. The van der Waals surface area contributed by atoms with Gasteiger partial charge in [-0.15, -0.1) is 0 Å².